The van der Waals surface area contributed by atoms with Crippen molar-refractivity contribution in [3.63, 3.8) is 0 Å². The second-order valence-corrected chi connectivity index (χ2v) is 8.75. The Bertz CT molecular complexity index is 1350. The van der Waals surface area contributed by atoms with Gasteiger partial charge in [0.15, 0.2) is 5.60 Å². The maximum atomic E-state index is 13.2. The highest BCUT2D eigenvalue weighted by Crippen LogP contribution is 2.39. The Morgan fingerprint density at radius 3 is 2.85 bits per heavy atom. The number of aromatic nitrogens is 2. The molecule has 2 aromatic carbocycles. The normalized spacial score (nSPS) is 21.9. The highest BCUT2D eigenvalue weighted by molar-refractivity contribution is 6.06. The Kier molecular flexibility index (Phi) is 4.33. The van der Waals surface area contributed by atoms with E-state index in [4.69, 9.17) is 20.9 Å². The van der Waals surface area contributed by atoms with Gasteiger partial charge in [0.25, 0.3) is 11.8 Å². The van der Waals surface area contributed by atoms with E-state index in [9.17, 15) is 9.59 Å². The van der Waals surface area contributed by atoms with Crippen LogP contribution in [0.3, 0.4) is 0 Å². The number of carbonyl (C=O) groups is 2. The first-order valence-corrected chi connectivity index (χ1v) is 10.9. The zero-order valence-corrected chi connectivity index (χ0v) is 17.9. The molecule has 3 aliphatic rings. The average Bonchev–Trinajstić information content (AvgIpc) is 3.37. The maximum Gasteiger partial charge on any atom is 0.256 e. The minimum atomic E-state index is -1.09. The Morgan fingerprint density at radius 1 is 1.27 bits per heavy atom. The number of benzene rings is 2. The number of nitrogen functional groups attached to an aromatic ring is 1. The zero-order valence-electron chi connectivity index (χ0n) is 17.9. The van der Waals surface area contributed by atoms with E-state index in [1.165, 1.54) is 0 Å². The number of ether oxygens (including phenoxy) is 2. The number of amides is 2. The van der Waals surface area contributed by atoms with E-state index in [0.717, 1.165) is 45.3 Å². The minimum Gasteiger partial charge on any atom is -0.398 e. The molecule has 2 amide bonds. The predicted octanol–water partition coefficient (Wildman–Crippen LogP) is 1.83. The number of aromatic amines is 1. The van der Waals surface area contributed by atoms with Gasteiger partial charge in [-0.15, -0.1) is 0 Å². The summed E-state index contributed by atoms with van der Waals surface area (Å²) in [6.07, 6.45) is 2.88. The van der Waals surface area contributed by atoms with Crippen molar-refractivity contribution in [2.75, 3.05) is 32.1 Å². The first-order valence-electron chi connectivity index (χ1n) is 10.9. The highest BCUT2D eigenvalue weighted by Gasteiger charge is 2.53. The average molecular weight is 445 g/mol. The number of H-pyrrole nitrogens is 1. The second-order valence-electron chi connectivity index (χ2n) is 8.75. The summed E-state index contributed by atoms with van der Waals surface area (Å²) in [5, 5.41) is 8.67. The maximum absolute atomic E-state index is 13.2. The molecule has 1 saturated heterocycles. The van der Waals surface area contributed by atoms with Crippen molar-refractivity contribution in [3.05, 3.63) is 53.2 Å². The summed E-state index contributed by atoms with van der Waals surface area (Å²) in [6, 6.07) is 9.80. The third kappa shape index (κ3) is 3.12. The first-order chi connectivity index (χ1) is 16.0. The number of rotatable bonds is 5. The number of anilines is 1. The number of nitrogens with zero attached hydrogens (tertiary/aromatic N) is 2. The van der Waals surface area contributed by atoms with Crippen LogP contribution >= 0.6 is 0 Å². The minimum absolute atomic E-state index is 0.121. The van der Waals surface area contributed by atoms with Gasteiger partial charge in [-0.1, -0.05) is 18.2 Å². The smallest absolute Gasteiger partial charge is 0.256 e. The topological polar surface area (TPSA) is 140 Å². The van der Waals surface area contributed by atoms with Crippen LogP contribution in [0.5, 0.6) is 0 Å². The first kappa shape index (κ1) is 20.0. The highest BCUT2D eigenvalue weighted by atomic mass is 16.6. The molecule has 168 valence electrons. The lowest BCUT2D eigenvalue weighted by molar-refractivity contribution is -0.123. The lowest BCUT2D eigenvalue weighted by Gasteiger charge is -2.19. The molecule has 0 bridgehead atoms. The summed E-state index contributed by atoms with van der Waals surface area (Å²) >= 11 is 0. The zero-order chi connectivity index (χ0) is 22.7. The van der Waals surface area contributed by atoms with Crippen molar-refractivity contribution >= 4 is 34.0 Å². The van der Waals surface area contributed by atoms with Crippen molar-refractivity contribution in [2.24, 2.45) is 5.73 Å². The van der Waals surface area contributed by atoms with E-state index < -0.39 is 11.5 Å². The van der Waals surface area contributed by atoms with Gasteiger partial charge in [-0.25, -0.2) is 0 Å². The van der Waals surface area contributed by atoms with E-state index in [-0.39, 0.29) is 19.1 Å². The Balaban J connectivity index is 1.41. The van der Waals surface area contributed by atoms with E-state index in [0.29, 0.717) is 31.0 Å². The van der Waals surface area contributed by atoms with Crippen molar-refractivity contribution in [1.29, 1.82) is 0 Å². The monoisotopic (exact) mass is 445 g/mol. The summed E-state index contributed by atoms with van der Waals surface area (Å²) in [7, 11) is 0. The molecule has 33 heavy (non-hydrogen) atoms. The lowest BCUT2D eigenvalue weighted by Crippen LogP contribution is -2.43. The molecule has 1 fully saturated rings. The summed E-state index contributed by atoms with van der Waals surface area (Å²) in [4.78, 5) is 26.5. The van der Waals surface area contributed by atoms with Crippen LogP contribution in [0.2, 0.25) is 0 Å². The molecule has 0 saturated carbocycles. The molecular weight excluding hydrogens is 422 g/mol. The van der Waals surface area contributed by atoms with Crippen molar-refractivity contribution in [3.8, 4) is 11.1 Å². The van der Waals surface area contributed by atoms with Gasteiger partial charge >= 0.3 is 0 Å². The third-order valence-corrected chi connectivity index (χ3v) is 6.72. The van der Waals surface area contributed by atoms with Crippen LogP contribution in [-0.2, 0) is 20.8 Å². The van der Waals surface area contributed by atoms with Crippen LogP contribution in [0.1, 0.15) is 28.0 Å². The van der Waals surface area contributed by atoms with Gasteiger partial charge in [-0.2, -0.15) is 5.10 Å². The lowest BCUT2D eigenvalue weighted by atomic mass is 9.94. The van der Waals surface area contributed by atoms with E-state index >= 15 is 0 Å². The molecule has 5 N–H and O–H groups in total. The van der Waals surface area contributed by atoms with E-state index in [1.54, 1.807) is 11.0 Å². The number of epoxide rings is 1. The van der Waals surface area contributed by atoms with Crippen LogP contribution in [0, 0.1) is 0 Å². The number of nitrogens with two attached hydrogens (primary N) is 2. The molecule has 0 spiro atoms. The molecule has 9 heteroatoms. The fraction of sp³-hybridized carbons (Fsp3) is 0.292. The van der Waals surface area contributed by atoms with Gasteiger partial charge in [0.1, 0.15) is 0 Å². The van der Waals surface area contributed by atoms with Crippen molar-refractivity contribution in [2.45, 2.75) is 18.6 Å². The number of nitrogens with one attached hydrogen (secondary N) is 1. The SMILES string of the molecule is NC(=O)C1(CN2Cc3c(-c4ccc5[nH]nc(C6=CCOCC6)c5c4)ccc(N)c3C2=O)CO1. The number of primary amides is 1. The van der Waals surface area contributed by atoms with Crippen LogP contribution in [0.25, 0.3) is 27.6 Å². The van der Waals surface area contributed by atoms with Crippen LogP contribution in [0.4, 0.5) is 5.69 Å². The largest absolute Gasteiger partial charge is 0.398 e. The van der Waals surface area contributed by atoms with Crippen LogP contribution in [0.15, 0.2) is 36.4 Å². The van der Waals surface area contributed by atoms with Gasteiger partial charge in [0.2, 0.25) is 0 Å². The van der Waals surface area contributed by atoms with Gasteiger partial charge in [0, 0.05) is 17.6 Å². The number of hydrogen-bond donors (Lipinski definition) is 3. The Labute approximate surface area is 189 Å². The van der Waals surface area contributed by atoms with E-state index in [2.05, 4.69) is 22.3 Å². The quantitative estimate of drug-likeness (QED) is 0.404. The molecule has 4 heterocycles. The number of carbonyl (C=O) groups excluding carboxylic acids is 2. The van der Waals surface area contributed by atoms with Gasteiger partial charge in [-0.05, 0) is 46.9 Å². The van der Waals surface area contributed by atoms with Crippen LogP contribution in [-0.4, -0.2) is 58.9 Å². The molecule has 1 unspecified atom stereocenters. The van der Waals surface area contributed by atoms with E-state index in [1.807, 2.05) is 18.2 Å². The van der Waals surface area contributed by atoms with Crippen LogP contribution < -0.4 is 11.5 Å². The molecule has 3 aromatic rings. The molecule has 1 atom stereocenters. The molecular formula is C24H23N5O4. The Hall–Kier alpha value is -3.69. The molecule has 0 radical (unpaired) electrons. The summed E-state index contributed by atoms with van der Waals surface area (Å²) in [6.45, 7) is 1.95. The number of fused-ring (bicyclic) bond motifs is 2. The molecule has 0 aliphatic carbocycles. The van der Waals surface area contributed by atoms with Crippen molar-refractivity contribution in [1.82, 2.24) is 15.1 Å². The fourth-order valence-corrected chi connectivity index (χ4v) is 4.78. The molecule has 9 nitrogen and oxygen atoms in total. The summed E-state index contributed by atoms with van der Waals surface area (Å²) in [5.41, 5.74) is 17.3. The molecule has 1 aromatic heterocycles. The van der Waals surface area contributed by atoms with Crippen molar-refractivity contribution < 1.29 is 19.1 Å². The Morgan fingerprint density at radius 2 is 2.12 bits per heavy atom. The fourth-order valence-electron chi connectivity index (χ4n) is 4.78. The van der Waals surface area contributed by atoms with Gasteiger partial charge in [-0.3, -0.25) is 14.7 Å². The number of hydrogen-bond acceptors (Lipinski definition) is 6. The van der Waals surface area contributed by atoms with Gasteiger partial charge < -0.3 is 25.8 Å². The summed E-state index contributed by atoms with van der Waals surface area (Å²) < 4.78 is 10.7. The third-order valence-electron chi connectivity index (χ3n) is 6.72. The second kappa shape index (κ2) is 7.16. The van der Waals surface area contributed by atoms with Gasteiger partial charge in [0.05, 0.1) is 43.1 Å². The summed E-state index contributed by atoms with van der Waals surface area (Å²) in [5.74, 6) is -0.766. The molecule has 3 aliphatic heterocycles. The molecule has 6 rings (SSSR count). The standard InChI is InChI=1S/C24H23N5O4/c25-18-3-2-15(17-10-29(22(30)20(17)18)11-24(12-33-24)23(26)31)14-1-4-19-16(9-14)21(28-27-19)13-5-7-32-8-6-13/h1-5,9H,6-8,10-12,25H2,(H2,26,31)(H,27,28). The predicted molar refractivity (Wildman–Crippen MR) is 122 cm³/mol.